The van der Waals surface area contributed by atoms with Crippen LogP contribution in [0.3, 0.4) is 0 Å². The second-order valence-electron chi connectivity index (χ2n) is 7.12. The maximum Gasteiger partial charge on any atom is 0.0908 e. The van der Waals surface area contributed by atoms with Crippen LogP contribution in [0, 0.1) is 35.0 Å². The van der Waals surface area contributed by atoms with Crippen molar-refractivity contribution in [1.82, 2.24) is 0 Å². The summed E-state index contributed by atoms with van der Waals surface area (Å²) in [5.74, 6) is 3.32. The average Bonchev–Trinajstić information content (AvgIpc) is 2.53. The summed E-state index contributed by atoms with van der Waals surface area (Å²) in [6.07, 6.45) is 22.5. The van der Waals surface area contributed by atoms with Crippen LogP contribution in [0.25, 0.3) is 0 Å². The topological polar surface area (TPSA) is 23.8 Å². The SMILES string of the molecule is CCC[C@H]1CC[C@H](/C=C/C2CCC(C=CC#N)CC2)CC1. The Bertz CT molecular complexity index is 371. The number of hydrogen-bond acceptors (Lipinski definition) is 1. The monoisotopic (exact) mass is 285 g/mol. The molecule has 0 unspecified atom stereocenters. The molecule has 0 aromatic rings. The van der Waals surface area contributed by atoms with Crippen molar-refractivity contribution >= 4 is 0 Å². The molecule has 0 atom stereocenters. The smallest absolute Gasteiger partial charge is 0.0908 e. The van der Waals surface area contributed by atoms with Crippen molar-refractivity contribution in [3.05, 3.63) is 24.3 Å². The molecule has 116 valence electrons. The number of nitriles is 1. The second kappa shape index (κ2) is 9.08. The quantitative estimate of drug-likeness (QED) is 0.446. The standard InChI is InChI=1S/C20H31N/c1-2-4-17-6-10-19(11-7-17)14-15-20-12-8-18(9-13-20)5-3-16-21/h3,5,14-15,17-20H,2,4,6-13H2,1H3/b5-3?,15-14+/t17-,18?,19-,20?. The fourth-order valence-corrected chi connectivity index (χ4v) is 4.10. The summed E-state index contributed by atoms with van der Waals surface area (Å²) >= 11 is 0. The third-order valence-electron chi connectivity index (χ3n) is 5.50. The van der Waals surface area contributed by atoms with Gasteiger partial charge in [-0.2, -0.15) is 5.26 Å². The second-order valence-corrected chi connectivity index (χ2v) is 7.12. The Morgan fingerprint density at radius 2 is 1.29 bits per heavy atom. The van der Waals surface area contributed by atoms with Gasteiger partial charge >= 0.3 is 0 Å². The molecule has 21 heavy (non-hydrogen) atoms. The fraction of sp³-hybridized carbons (Fsp3) is 0.750. The van der Waals surface area contributed by atoms with E-state index in [2.05, 4.69) is 31.2 Å². The first-order valence-electron chi connectivity index (χ1n) is 9.06. The number of nitrogens with zero attached hydrogens (tertiary/aromatic N) is 1. The Balaban J connectivity index is 1.67. The maximum absolute atomic E-state index is 8.58. The third-order valence-corrected chi connectivity index (χ3v) is 5.50. The zero-order chi connectivity index (χ0) is 14.9. The van der Waals surface area contributed by atoms with Crippen LogP contribution in [0.1, 0.15) is 71.1 Å². The van der Waals surface area contributed by atoms with E-state index in [4.69, 9.17) is 5.26 Å². The van der Waals surface area contributed by atoms with Gasteiger partial charge in [0.2, 0.25) is 0 Å². The molecule has 0 saturated heterocycles. The summed E-state index contributed by atoms with van der Waals surface area (Å²) in [4.78, 5) is 0. The summed E-state index contributed by atoms with van der Waals surface area (Å²) in [6, 6.07) is 2.11. The minimum Gasteiger partial charge on any atom is -0.193 e. The first-order chi connectivity index (χ1) is 10.3. The molecule has 0 bridgehead atoms. The van der Waals surface area contributed by atoms with Gasteiger partial charge < -0.3 is 0 Å². The maximum atomic E-state index is 8.58. The van der Waals surface area contributed by atoms with Gasteiger partial charge in [0, 0.05) is 6.08 Å². The Morgan fingerprint density at radius 1 is 0.810 bits per heavy atom. The lowest BCUT2D eigenvalue weighted by molar-refractivity contribution is 0.292. The molecule has 2 fully saturated rings. The van der Waals surface area contributed by atoms with Crippen molar-refractivity contribution in [2.45, 2.75) is 71.1 Å². The van der Waals surface area contributed by atoms with Gasteiger partial charge in [-0.05, 0) is 75.0 Å². The van der Waals surface area contributed by atoms with E-state index in [9.17, 15) is 0 Å². The highest BCUT2D eigenvalue weighted by Gasteiger charge is 2.20. The Kier molecular flexibility index (Phi) is 7.07. The van der Waals surface area contributed by atoms with E-state index in [0.29, 0.717) is 5.92 Å². The molecular formula is C20H31N. The predicted molar refractivity (Wildman–Crippen MR) is 89.7 cm³/mol. The molecule has 0 aromatic carbocycles. The molecule has 2 aliphatic rings. The lowest BCUT2D eigenvalue weighted by Crippen LogP contribution is -2.14. The van der Waals surface area contributed by atoms with Gasteiger partial charge in [-0.3, -0.25) is 0 Å². The number of allylic oxidation sites excluding steroid dienone is 4. The van der Waals surface area contributed by atoms with Crippen LogP contribution in [-0.4, -0.2) is 0 Å². The average molecular weight is 285 g/mol. The molecule has 1 heteroatoms. The van der Waals surface area contributed by atoms with Crippen molar-refractivity contribution in [1.29, 1.82) is 5.26 Å². The molecule has 2 rings (SSSR count). The predicted octanol–water partition coefficient (Wildman–Crippen LogP) is 6.04. The largest absolute Gasteiger partial charge is 0.193 e. The molecule has 0 aliphatic heterocycles. The summed E-state index contributed by atoms with van der Waals surface area (Å²) < 4.78 is 0. The van der Waals surface area contributed by atoms with Crippen molar-refractivity contribution in [2.24, 2.45) is 23.7 Å². The lowest BCUT2D eigenvalue weighted by Gasteiger charge is -2.28. The minimum atomic E-state index is 0.652. The molecule has 0 aromatic heterocycles. The van der Waals surface area contributed by atoms with Crippen molar-refractivity contribution in [2.75, 3.05) is 0 Å². The molecule has 2 aliphatic carbocycles. The van der Waals surface area contributed by atoms with Crippen LogP contribution in [0.2, 0.25) is 0 Å². The van der Waals surface area contributed by atoms with Crippen LogP contribution in [0.4, 0.5) is 0 Å². The number of rotatable bonds is 5. The summed E-state index contributed by atoms with van der Waals surface area (Å²) in [5.41, 5.74) is 0. The number of hydrogen-bond donors (Lipinski definition) is 0. The molecule has 0 radical (unpaired) electrons. The highest BCUT2D eigenvalue weighted by atomic mass is 14.3. The first kappa shape index (κ1) is 16.3. The van der Waals surface area contributed by atoms with E-state index in [0.717, 1.165) is 17.8 Å². The van der Waals surface area contributed by atoms with Crippen molar-refractivity contribution in [3.8, 4) is 6.07 Å². The molecular weight excluding hydrogens is 254 g/mol. The van der Waals surface area contributed by atoms with Crippen molar-refractivity contribution < 1.29 is 0 Å². The van der Waals surface area contributed by atoms with Crippen LogP contribution in [-0.2, 0) is 0 Å². The molecule has 0 heterocycles. The third kappa shape index (κ3) is 5.70. The van der Waals surface area contributed by atoms with E-state index in [1.807, 2.05) is 0 Å². The van der Waals surface area contributed by atoms with Crippen molar-refractivity contribution in [3.63, 3.8) is 0 Å². The van der Waals surface area contributed by atoms with Gasteiger partial charge in [-0.15, -0.1) is 0 Å². The summed E-state index contributed by atoms with van der Waals surface area (Å²) in [5, 5.41) is 8.58. The van der Waals surface area contributed by atoms with E-state index in [1.165, 1.54) is 64.2 Å². The fourth-order valence-electron chi connectivity index (χ4n) is 4.10. The van der Waals surface area contributed by atoms with Gasteiger partial charge in [0.1, 0.15) is 0 Å². The van der Waals surface area contributed by atoms with Gasteiger partial charge in [0.15, 0.2) is 0 Å². The van der Waals surface area contributed by atoms with Gasteiger partial charge in [0.25, 0.3) is 0 Å². The Labute approximate surface area is 131 Å². The van der Waals surface area contributed by atoms with Gasteiger partial charge in [-0.25, -0.2) is 0 Å². The highest BCUT2D eigenvalue weighted by Crippen LogP contribution is 2.34. The van der Waals surface area contributed by atoms with E-state index in [1.54, 1.807) is 6.08 Å². The lowest BCUT2D eigenvalue weighted by atomic mass is 9.78. The van der Waals surface area contributed by atoms with E-state index in [-0.39, 0.29) is 0 Å². The Morgan fingerprint density at radius 3 is 1.76 bits per heavy atom. The molecule has 0 N–H and O–H groups in total. The molecule has 0 amide bonds. The summed E-state index contributed by atoms with van der Waals surface area (Å²) in [7, 11) is 0. The van der Waals surface area contributed by atoms with Crippen LogP contribution < -0.4 is 0 Å². The first-order valence-corrected chi connectivity index (χ1v) is 9.06. The Hall–Kier alpha value is -1.03. The van der Waals surface area contributed by atoms with E-state index < -0.39 is 0 Å². The minimum absolute atomic E-state index is 0.652. The van der Waals surface area contributed by atoms with E-state index >= 15 is 0 Å². The molecule has 0 spiro atoms. The molecule has 1 nitrogen and oxygen atoms in total. The van der Waals surface area contributed by atoms with Crippen LogP contribution in [0.15, 0.2) is 24.3 Å². The highest BCUT2D eigenvalue weighted by molar-refractivity contribution is 5.05. The van der Waals surface area contributed by atoms with Gasteiger partial charge in [0.05, 0.1) is 6.07 Å². The summed E-state index contributed by atoms with van der Waals surface area (Å²) in [6.45, 7) is 2.31. The zero-order valence-corrected chi connectivity index (χ0v) is 13.6. The zero-order valence-electron chi connectivity index (χ0n) is 13.6. The van der Waals surface area contributed by atoms with Gasteiger partial charge in [-0.1, -0.05) is 38.0 Å². The molecule has 2 saturated carbocycles. The normalized spacial score (nSPS) is 34.3. The van der Waals surface area contributed by atoms with Crippen LogP contribution in [0.5, 0.6) is 0 Å². The van der Waals surface area contributed by atoms with Crippen LogP contribution >= 0.6 is 0 Å².